The van der Waals surface area contributed by atoms with Crippen molar-refractivity contribution in [2.24, 2.45) is 0 Å². The third-order valence-electron chi connectivity index (χ3n) is 5.33. The van der Waals surface area contributed by atoms with Crippen molar-refractivity contribution in [3.05, 3.63) is 58.5 Å². The molecule has 0 radical (unpaired) electrons. The van der Waals surface area contributed by atoms with Gasteiger partial charge in [0.05, 0.1) is 0 Å². The van der Waals surface area contributed by atoms with E-state index >= 15 is 0 Å². The van der Waals surface area contributed by atoms with E-state index in [1.54, 1.807) is 52.9 Å². The third-order valence-corrected chi connectivity index (χ3v) is 7.10. The van der Waals surface area contributed by atoms with Gasteiger partial charge in [0.1, 0.15) is 11.5 Å². The molecule has 1 aliphatic heterocycles. The second-order valence-electron chi connectivity index (χ2n) is 7.22. The van der Waals surface area contributed by atoms with Gasteiger partial charge in [0.2, 0.25) is 11.8 Å². The number of sulfonamides is 1. The lowest BCUT2D eigenvalue weighted by Crippen LogP contribution is -2.49. The Bertz CT molecular complexity index is 1250. The van der Waals surface area contributed by atoms with Crippen LogP contribution in [0.15, 0.2) is 46.3 Å². The lowest BCUT2D eigenvalue weighted by molar-refractivity contribution is 0.381. The number of hydrogen-bond donors (Lipinski definition) is 1. The number of nitrogens with zero attached hydrogens (tertiary/aromatic N) is 5. The molecular weight excluding hydrogens is 423 g/mol. The predicted molar refractivity (Wildman–Crippen MR) is 114 cm³/mol. The molecule has 31 heavy (non-hydrogen) atoms. The topological polar surface area (TPSA) is 104 Å². The Kier molecular flexibility index (Phi) is 5.63. The summed E-state index contributed by atoms with van der Waals surface area (Å²) < 4.78 is 43.4. The molecule has 0 amide bonds. The Balaban J connectivity index is 1.55. The monoisotopic (exact) mass is 446 g/mol. The highest BCUT2D eigenvalue weighted by molar-refractivity contribution is 7.89. The van der Waals surface area contributed by atoms with E-state index in [0.717, 1.165) is 0 Å². The van der Waals surface area contributed by atoms with Crippen LogP contribution in [0.1, 0.15) is 12.7 Å². The van der Waals surface area contributed by atoms with Crippen LogP contribution in [0.5, 0.6) is 0 Å². The molecule has 2 aromatic heterocycles. The van der Waals surface area contributed by atoms with Gasteiger partial charge in [0.25, 0.3) is 15.6 Å². The van der Waals surface area contributed by atoms with Crippen LogP contribution in [0.3, 0.4) is 0 Å². The first-order chi connectivity index (χ1) is 14.8. The molecule has 0 unspecified atom stereocenters. The summed E-state index contributed by atoms with van der Waals surface area (Å²) in [7, 11) is -3.72. The molecule has 1 aromatic carbocycles. The van der Waals surface area contributed by atoms with Crippen LogP contribution in [0.25, 0.3) is 11.3 Å². The fourth-order valence-corrected chi connectivity index (χ4v) is 5.00. The van der Waals surface area contributed by atoms with Crippen molar-refractivity contribution in [3.8, 4) is 11.3 Å². The Hall–Kier alpha value is -3.05. The smallest absolute Gasteiger partial charge is 0.289 e. The third kappa shape index (κ3) is 3.98. The highest BCUT2D eigenvalue weighted by Crippen LogP contribution is 2.22. The second-order valence-corrected chi connectivity index (χ2v) is 9.11. The fraction of sp³-hybridized carbons (Fsp3) is 0.350. The SMILES string of the molecule is CCn1cc(S(=O)(=O)N2CCN(c3nc(-c4ccccc4)c(F)c(=O)[nH]3)CC2)nc1C. The van der Waals surface area contributed by atoms with Crippen LogP contribution in [0, 0.1) is 12.7 Å². The minimum Gasteiger partial charge on any atom is -0.340 e. The number of aromatic amines is 1. The van der Waals surface area contributed by atoms with Gasteiger partial charge in [0.15, 0.2) is 5.03 Å². The van der Waals surface area contributed by atoms with Crippen molar-refractivity contribution >= 4 is 16.0 Å². The lowest BCUT2D eigenvalue weighted by Gasteiger charge is -2.33. The number of imidazole rings is 1. The highest BCUT2D eigenvalue weighted by Gasteiger charge is 2.31. The first kappa shape index (κ1) is 21.2. The molecule has 0 atom stereocenters. The zero-order valence-corrected chi connectivity index (χ0v) is 18.1. The van der Waals surface area contributed by atoms with E-state index in [2.05, 4.69) is 15.0 Å². The van der Waals surface area contributed by atoms with Gasteiger partial charge in [-0.15, -0.1) is 0 Å². The van der Waals surface area contributed by atoms with Gasteiger partial charge < -0.3 is 9.47 Å². The van der Waals surface area contributed by atoms with E-state index in [1.165, 1.54) is 4.31 Å². The minimum absolute atomic E-state index is 0.0278. The predicted octanol–water partition coefficient (Wildman–Crippen LogP) is 1.61. The number of H-pyrrole nitrogens is 1. The molecule has 4 rings (SSSR count). The zero-order chi connectivity index (χ0) is 22.2. The summed E-state index contributed by atoms with van der Waals surface area (Å²) in [5.41, 5.74) is -0.398. The number of nitrogens with one attached hydrogen (secondary N) is 1. The van der Waals surface area contributed by atoms with Crippen LogP contribution in [-0.4, -0.2) is 58.4 Å². The van der Waals surface area contributed by atoms with Crippen LogP contribution in [0.2, 0.25) is 0 Å². The van der Waals surface area contributed by atoms with Crippen molar-refractivity contribution in [2.45, 2.75) is 25.4 Å². The molecule has 3 heterocycles. The maximum Gasteiger partial charge on any atom is 0.289 e. The number of rotatable bonds is 5. The van der Waals surface area contributed by atoms with E-state index in [-0.39, 0.29) is 29.8 Å². The number of piperazine rings is 1. The zero-order valence-electron chi connectivity index (χ0n) is 17.2. The number of anilines is 1. The summed E-state index contributed by atoms with van der Waals surface area (Å²) >= 11 is 0. The summed E-state index contributed by atoms with van der Waals surface area (Å²) in [6, 6.07) is 8.62. The molecule has 3 aromatic rings. The maximum atomic E-state index is 14.4. The van der Waals surface area contributed by atoms with Crippen molar-refractivity contribution in [2.75, 3.05) is 31.1 Å². The lowest BCUT2D eigenvalue weighted by atomic mass is 10.1. The quantitative estimate of drug-likeness (QED) is 0.639. The van der Waals surface area contributed by atoms with Gasteiger partial charge in [-0.05, 0) is 13.8 Å². The Morgan fingerprint density at radius 3 is 2.39 bits per heavy atom. The van der Waals surface area contributed by atoms with Gasteiger partial charge in [-0.1, -0.05) is 30.3 Å². The number of aryl methyl sites for hydroxylation is 2. The largest absolute Gasteiger partial charge is 0.340 e. The van der Waals surface area contributed by atoms with Gasteiger partial charge in [-0.2, -0.15) is 8.70 Å². The molecule has 1 N–H and O–H groups in total. The van der Waals surface area contributed by atoms with Crippen molar-refractivity contribution < 1.29 is 12.8 Å². The molecule has 1 fully saturated rings. The average molecular weight is 447 g/mol. The van der Waals surface area contributed by atoms with E-state index in [0.29, 0.717) is 31.0 Å². The first-order valence-corrected chi connectivity index (χ1v) is 11.4. The summed E-state index contributed by atoms with van der Waals surface area (Å²) in [5, 5.41) is 0.0278. The molecule has 1 aliphatic rings. The fourth-order valence-electron chi connectivity index (χ4n) is 3.58. The number of hydrogen-bond acceptors (Lipinski definition) is 6. The minimum atomic E-state index is -3.72. The Labute approximate surface area is 179 Å². The van der Waals surface area contributed by atoms with E-state index in [1.807, 2.05) is 6.92 Å². The van der Waals surface area contributed by atoms with Gasteiger partial charge >= 0.3 is 0 Å². The Morgan fingerprint density at radius 1 is 1.10 bits per heavy atom. The Morgan fingerprint density at radius 2 is 1.77 bits per heavy atom. The number of benzene rings is 1. The molecule has 0 bridgehead atoms. The van der Waals surface area contributed by atoms with Gasteiger partial charge in [-0.3, -0.25) is 9.78 Å². The van der Waals surface area contributed by atoms with Crippen LogP contribution in [-0.2, 0) is 16.6 Å². The number of aromatic nitrogens is 4. The second kappa shape index (κ2) is 8.23. The van der Waals surface area contributed by atoms with Crippen LogP contribution >= 0.6 is 0 Å². The molecule has 164 valence electrons. The maximum absolute atomic E-state index is 14.4. The molecular formula is C20H23FN6O3S. The average Bonchev–Trinajstić information content (AvgIpc) is 3.18. The molecule has 0 spiro atoms. The van der Waals surface area contributed by atoms with Crippen molar-refractivity contribution in [1.82, 2.24) is 23.8 Å². The highest BCUT2D eigenvalue weighted by atomic mass is 32.2. The number of halogens is 1. The molecule has 9 nitrogen and oxygen atoms in total. The summed E-state index contributed by atoms with van der Waals surface area (Å²) in [6.45, 7) is 5.32. The van der Waals surface area contributed by atoms with Gasteiger partial charge in [0, 0.05) is 44.5 Å². The summed E-state index contributed by atoms with van der Waals surface area (Å²) in [5.74, 6) is -0.0901. The van der Waals surface area contributed by atoms with Crippen LogP contribution in [0.4, 0.5) is 10.3 Å². The van der Waals surface area contributed by atoms with Gasteiger partial charge in [-0.25, -0.2) is 18.4 Å². The normalized spacial score (nSPS) is 15.4. The molecule has 0 aliphatic carbocycles. The van der Waals surface area contributed by atoms with E-state index < -0.39 is 21.4 Å². The van der Waals surface area contributed by atoms with Crippen LogP contribution < -0.4 is 10.5 Å². The standard InChI is InChI=1S/C20H23FN6O3S/c1-3-25-13-16(22-14(25)2)31(29,30)27-11-9-26(10-12-27)20-23-18(17(21)19(28)24-20)15-7-5-4-6-8-15/h4-8,13H,3,9-12H2,1-2H3,(H,23,24,28). The van der Waals surface area contributed by atoms with E-state index in [4.69, 9.17) is 0 Å². The van der Waals surface area contributed by atoms with Crippen molar-refractivity contribution in [1.29, 1.82) is 0 Å². The summed E-state index contributed by atoms with van der Waals surface area (Å²) in [6.07, 6.45) is 1.54. The molecule has 1 saturated heterocycles. The van der Waals surface area contributed by atoms with E-state index in [9.17, 15) is 17.6 Å². The molecule has 11 heteroatoms. The molecule has 0 saturated carbocycles. The summed E-state index contributed by atoms with van der Waals surface area (Å²) in [4.78, 5) is 24.8. The first-order valence-electron chi connectivity index (χ1n) is 9.95. The van der Waals surface area contributed by atoms with Crippen molar-refractivity contribution in [3.63, 3.8) is 0 Å².